The molecule has 2 radical (unpaired) electrons. The standard InChI is InChI=1S/2C28H41Si2.C2H6Si.2ClH.Zr/c2*1-11-20(4)22-14-21-12-13-26(19(2)3)28(27(21)17-22)23-15-24(29(5,6)7)18-25(16-23)30(8,9)10;1-3-2;;;/h2*12-20H,11H2,1-10H3;1-2H3;2*1H;/q2*-1;;;;+4/p-2. The molecule has 0 saturated heterocycles. The van der Waals surface area contributed by atoms with Crippen molar-refractivity contribution in [3.8, 4) is 22.3 Å². The van der Waals surface area contributed by atoms with E-state index in [1.54, 1.807) is 20.7 Å². The van der Waals surface area contributed by atoms with E-state index < -0.39 is 53.1 Å². The van der Waals surface area contributed by atoms with Gasteiger partial charge >= 0.3 is 37.9 Å². The Balaban J connectivity index is 0.000000313. The van der Waals surface area contributed by atoms with Crippen molar-refractivity contribution in [3.05, 3.63) is 107 Å². The zero-order valence-corrected chi connectivity index (χ0v) is 54.5. The molecule has 0 spiro atoms. The molecule has 6 aromatic carbocycles. The molecule has 2 atom stereocenters. The molecule has 358 valence electrons. The molecule has 0 amide bonds. The van der Waals surface area contributed by atoms with Gasteiger partial charge in [0.2, 0.25) is 0 Å². The molecule has 0 nitrogen and oxygen atoms in total. The summed E-state index contributed by atoms with van der Waals surface area (Å²) in [5.41, 5.74) is 11.8. The molecule has 0 heterocycles. The van der Waals surface area contributed by atoms with Crippen molar-refractivity contribution < 1.29 is 20.8 Å². The van der Waals surface area contributed by atoms with Crippen molar-refractivity contribution >= 4 is 101 Å². The Morgan fingerprint density at radius 1 is 0.470 bits per heavy atom. The predicted molar refractivity (Wildman–Crippen MR) is 317 cm³/mol. The quantitative estimate of drug-likeness (QED) is 0.0846. The second-order valence-electron chi connectivity index (χ2n) is 23.7. The SMILES string of the molecule is CCC(C)c1cc2c(-c3cc([Si](C)(C)C)cc([Si](C)(C)C)c3)c(C(C)C)ccc2[cH-]1.CCC(C)c1cc2c(-c3cc([Si](C)(C)C)cc([Si](C)(C)C)c3)c(C(C)C)ccc2[cH-]1.C[Si]C.[Cl][Zr+2][Cl]. The maximum absolute atomic E-state index is 4.93. The van der Waals surface area contributed by atoms with Crippen LogP contribution in [-0.4, -0.2) is 41.8 Å². The summed E-state index contributed by atoms with van der Waals surface area (Å²) in [5, 5.41) is 12.1. The molecule has 0 aliphatic rings. The van der Waals surface area contributed by atoms with Gasteiger partial charge in [0.25, 0.3) is 0 Å². The Morgan fingerprint density at radius 2 is 0.727 bits per heavy atom. The molecule has 6 rings (SSSR count). The Hall–Kier alpha value is -1.35. The first kappa shape index (κ1) is 59.0. The normalized spacial score (nSPS) is 13.1. The van der Waals surface area contributed by atoms with Crippen molar-refractivity contribution in [3.63, 3.8) is 0 Å². The zero-order chi connectivity index (χ0) is 50.3. The van der Waals surface area contributed by atoms with Gasteiger partial charge < -0.3 is 0 Å². The zero-order valence-electron chi connectivity index (χ0n) is 45.6. The molecule has 0 aromatic heterocycles. The van der Waals surface area contributed by atoms with Gasteiger partial charge in [0.1, 0.15) is 0 Å². The number of halogens is 2. The van der Waals surface area contributed by atoms with E-state index in [1.165, 1.54) is 78.9 Å². The fraction of sp³-hybridized carbons (Fsp3) is 0.483. The number of fused-ring (bicyclic) bond motifs is 2. The van der Waals surface area contributed by atoms with Crippen LogP contribution in [-0.2, 0) is 20.8 Å². The summed E-state index contributed by atoms with van der Waals surface area (Å²) in [7, 11) is 5.29. The second-order valence-corrected chi connectivity index (χ2v) is 48.8. The first-order valence-corrected chi connectivity index (χ1v) is 47.2. The topological polar surface area (TPSA) is 0 Å². The van der Waals surface area contributed by atoms with Crippen LogP contribution in [0.1, 0.15) is 114 Å². The molecule has 0 bridgehead atoms. The molecule has 66 heavy (non-hydrogen) atoms. The van der Waals surface area contributed by atoms with Crippen LogP contribution in [0, 0.1) is 0 Å². The molecule has 0 aliphatic carbocycles. The summed E-state index contributed by atoms with van der Waals surface area (Å²) >= 11 is -0.826. The molecule has 6 aromatic rings. The van der Waals surface area contributed by atoms with Gasteiger partial charge in [-0.05, 0) is 34.8 Å². The Morgan fingerprint density at radius 3 is 0.939 bits per heavy atom. The molecule has 2 unspecified atom stereocenters. The molecule has 0 N–H and O–H groups in total. The summed E-state index contributed by atoms with van der Waals surface area (Å²) in [6, 6.07) is 34.5. The van der Waals surface area contributed by atoms with Crippen molar-refractivity contribution in [2.45, 2.75) is 184 Å². The average molecular weight is 1090 g/mol. The first-order chi connectivity index (χ1) is 30.5. The number of hydrogen-bond acceptors (Lipinski definition) is 0. The van der Waals surface area contributed by atoms with Crippen molar-refractivity contribution in [2.24, 2.45) is 0 Å². The van der Waals surface area contributed by atoms with Gasteiger partial charge in [0.15, 0.2) is 0 Å². The molecule has 0 aliphatic heterocycles. The van der Waals surface area contributed by atoms with Crippen molar-refractivity contribution in [2.75, 3.05) is 0 Å². The third kappa shape index (κ3) is 15.3. The van der Waals surface area contributed by atoms with Gasteiger partial charge in [-0.3, -0.25) is 0 Å². The number of rotatable bonds is 12. The van der Waals surface area contributed by atoms with Crippen LogP contribution in [0.5, 0.6) is 0 Å². The third-order valence-corrected chi connectivity index (χ3v) is 21.5. The van der Waals surface area contributed by atoms with E-state index in [-0.39, 0.29) is 0 Å². The fourth-order valence-electron chi connectivity index (χ4n) is 8.57. The summed E-state index contributed by atoms with van der Waals surface area (Å²) in [4.78, 5) is 0. The van der Waals surface area contributed by atoms with Gasteiger partial charge in [0, 0.05) is 9.52 Å². The van der Waals surface area contributed by atoms with Crippen LogP contribution in [0.15, 0.2) is 84.9 Å². The van der Waals surface area contributed by atoms with Gasteiger partial charge in [-0.2, -0.15) is 12.1 Å². The van der Waals surface area contributed by atoms with E-state index >= 15 is 0 Å². The van der Waals surface area contributed by atoms with Crippen LogP contribution in [0.4, 0.5) is 0 Å². The van der Waals surface area contributed by atoms with Crippen LogP contribution in [0.2, 0.25) is 91.7 Å². The molecule has 8 heteroatoms. The van der Waals surface area contributed by atoms with Crippen LogP contribution in [0.3, 0.4) is 0 Å². The second kappa shape index (κ2) is 24.7. The van der Waals surface area contributed by atoms with E-state index in [9.17, 15) is 0 Å². The Labute approximate surface area is 431 Å². The number of hydrogen-bond donors (Lipinski definition) is 0. The minimum absolute atomic E-state index is 0.511. The summed E-state index contributed by atoms with van der Waals surface area (Å²) in [5.74, 6) is 2.24. The molecule has 0 saturated carbocycles. The van der Waals surface area contributed by atoms with Crippen LogP contribution < -0.4 is 20.7 Å². The van der Waals surface area contributed by atoms with Crippen molar-refractivity contribution in [1.82, 2.24) is 0 Å². The monoisotopic (exact) mass is 1080 g/mol. The van der Waals surface area contributed by atoms with E-state index in [0.29, 0.717) is 23.7 Å². The van der Waals surface area contributed by atoms with Crippen LogP contribution >= 0.6 is 17.0 Å². The van der Waals surface area contributed by atoms with Gasteiger partial charge in [-0.25, -0.2) is 0 Å². The maximum atomic E-state index is 4.93. The van der Waals surface area contributed by atoms with Gasteiger partial charge in [-0.15, -0.1) is 69.1 Å². The molecular formula is C58H88Cl2Si5Zr. The summed E-state index contributed by atoms with van der Waals surface area (Å²) in [6.07, 6.45) is 2.38. The third-order valence-electron chi connectivity index (χ3n) is 13.4. The number of benzene rings is 4. The van der Waals surface area contributed by atoms with Crippen molar-refractivity contribution in [1.29, 1.82) is 0 Å². The van der Waals surface area contributed by atoms with Crippen LogP contribution in [0.25, 0.3) is 43.8 Å². The average Bonchev–Trinajstić information content (AvgIpc) is 3.87. The van der Waals surface area contributed by atoms with Gasteiger partial charge in [0.05, 0.1) is 32.3 Å². The molecule has 0 fully saturated rings. The Kier molecular flexibility index (Phi) is 22.0. The van der Waals surface area contributed by atoms with E-state index in [2.05, 4.69) is 232 Å². The van der Waals surface area contributed by atoms with E-state index in [0.717, 1.165) is 9.52 Å². The summed E-state index contributed by atoms with van der Waals surface area (Å²) in [6.45, 7) is 52.7. The molecular weight excluding hydrogens is 999 g/mol. The fourth-order valence-corrected chi connectivity index (χ4v) is 13.6. The van der Waals surface area contributed by atoms with E-state index in [4.69, 9.17) is 17.0 Å². The Bertz CT molecular complexity index is 2240. The predicted octanol–water partition coefficient (Wildman–Crippen LogP) is 18.1. The first-order valence-electron chi connectivity index (χ1n) is 24.8. The summed E-state index contributed by atoms with van der Waals surface area (Å²) < 4.78 is 0. The van der Waals surface area contributed by atoms with Gasteiger partial charge in [-0.1, -0.05) is 239 Å². The minimum atomic E-state index is -1.42. The van der Waals surface area contributed by atoms with E-state index in [1.807, 2.05) is 0 Å².